The molecule has 1 atom stereocenters. The summed E-state index contributed by atoms with van der Waals surface area (Å²) in [6.45, 7) is 7.24. The zero-order valence-corrected chi connectivity index (χ0v) is 17.4. The molecule has 0 saturated carbocycles. The fraction of sp³-hybridized carbons (Fsp3) is 0.636. The Bertz CT molecular complexity index is 690. The number of carbonyl (C=O) groups is 2. The Balaban J connectivity index is 1.66. The molecule has 1 unspecified atom stereocenters. The molecule has 2 heterocycles. The summed E-state index contributed by atoms with van der Waals surface area (Å²) in [5.41, 5.74) is 2.51. The quantitative estimate of drug-likeness (QED) is 0.815. The zero-order chi connectivity index (χ0) is 20.1. The van der Waals surface area contributed by atoms with Crippen LogP contribution in [-0.4, -0.2) is 67.5 Å². The van der Waals surface area contributed by atoms with E-state index in [0.29, 0.717) is 5.56 Å². The van der Waals surface area contributed by atoms with Crippen LogP contribution in [0.15, 0.2) is 12.1 Å². The van der Waals surface area contributed by atoms with Crippen molar-refractivity contribution in [2.75, 3.05) is 39.8 Å². The van der Waals surface area contributed by atoms with Gasteiger partial charge in [-0.2, -0.15) is 0 Å². The number of nitrogens with one attached hydrogen (secondary N) is 1. The summed E-state index contributed by atoms with van der Waals surface area (Å²) in [5.74, 6) is 0.848. The van der Waals surface area contributed by atoms with Crippen LogP contribution in [0.1, 0.15) is 53.6 Å². The normalized spacial score (nSPS) is 19.8. The second-order valence-corrected chi connectivity index (χ2v) is 8.02. The van der Waals surface area contributed by atoms with Crippen molar-refractivity contribution in [2.45, 2.75) is 52.0 Å². The molecule has 2 amide bonds. The largest absolute Gasteiger partial charge is 0.483 e. The molecular formula is C22H33N3O3. The number of likely N-dealkylation sites (N-methyl/N-ethyl adjacent to an activating group) is 1. The predicted molar refractivity (Wildman–Crippen MR) is 110 cm³/mol. The minimum Gasteiger partial charge on any atom is -0.483 e. The van der Waals surface area contributed by atoms with E-state index in [4.69, 9.17) is 4.74 Å². The summed E-state index contributed by atoms with van der Waals surface area (Å²) in [6, 6.07) is 4.05. The number of piperidine rings is 1. The first kappa shape index (κ1) is 20.6. The van der Waals surface area contributed by atoms with Gasteiger partial charge in [-0.25, -0.2) is 0 Å². The molecule has 6 nitrogen and oxygen atoms in total. The third-order valence-electron chi connectivity index (χ3n) is 5.83. The highest BCUT2D eigenvalue weighted by atomic mass is 16.5. The van der Waals surface area contributed by atoms with E-state index in [1.807, 2.05) is 42.8 Å². The highest BCUT2D eigenvalue weighted by Crippen LogP contribution is 2.27. The maximum absolute atomic E-state index is 13.0. The molecule has 6 heteroatoms. The van der Waals surface area contributed by atoms with Gasteiger partial charge >= 0.3 is 0 Å². The number of hydrogen-bond acceptors (Lipinski definition) is 4. The number of amides is 2. The molecule has 2 aliphatic rings. The summed E-state index contributed by atoms with van der Waals surface area (Å²) < 4.78 is 5.88. The van der Waals surface area contributed by atoms with Gasteiger partial charge in [0.15, 0.2) is 6.61 Å². The van der Waals surface area contributed by atoms with E-state index in [1.165, 1.54) is 6.42 Å². The van der Waals surface area contributed by atoms with E-state index in [-0.39, 0.29) is 24.5 Å². The van der Waals surface area contributed by atoms with Crippen LogP contribution >= 0.6 is 0 Å². The molecule has 154 valence electrons. The lowest BCUT2D eigenvalue weighted by Crippen LogP contribution is -2.40. The van der Waals surface area contributed by atoms with Crippen molar-refractivity contribution in [3.8, 4) is 5.75 Å². The number of aryl methyl sites for hydroxylation is 2. The van der Waals surface area contributed by atoms with Crippen LogP contribution in [0.4, 0.5) is 0 Å². The first-order valence-electron chi connectivity index (χ1n) is 10.5. The lowest BCUT2D eigenvalue weighted by Gasteiger charge is -2.27. The van der Waals surface area contributed by atoms with E-state index >= 15 is 0 Å². The van der Waals surface area contributed by atoms with E-state index < -0.39 is 0 Å². The third-order valence-corrected chi connectivity index (χ3v) is 5.83. The van der Waals surface area contributed by atoms with E-state index in [1.54, 1.807) is 0 Å². The van der Waals surface area contributed by atoms with Crippen molar-refractivity contribution in [2.24, 2.45) is 0 Å². The van der Waals surface area contributed by atoms with Crippen LogP contribution < -0.4 is 10.1 Å². The lowest BCUT2D eigenvalue weighted by molar-refractivity contribution is -0.134. The Labute approximate surface area is 168 Å². The smallest absolute Gasteiger partial charge is 0.260 e. The van der Waals surface area contributed by atoms with Gasteiger partial charge in [-0.05, 0) is 76.3 Å². The molecule has 2 fully saturated rings. The van der Waals surface area contributed by atoms with Crippen LogP contribution in [0.5, 0.6) is 5.75 Å². The van der Waals surface area contributed by atoms with Crippen LogP contribution in [-0.2, 0) is 4.79 Å². The first-order valence-corrected chi connectivity index (χ1v) is 10.5. The van der Waals surface area contributed by atoms with Gasteiger partial charge in [-0.1, -0.05) is 0 Å². The molecular weight excluding hydrogens is 354 g/mol. The van der Waals surface area contributed by atoms with Crippen LogP contribution in [0, 0.1) is 13.8 Å². The summed E-state index contributed by atoms with van der Waals surface area (Å²) >= 11 is 0. The Morgan fingerprint density at radius 1 is 1.07 bits per heavy atom. The summed E-state index contributed by atoms with van der Waals surface area (Å²) in [5, 5.41) is 3.18. The number of ether oxygens (including phenoxy) is 1. The molecule has 1 N–H and O–H groups in total. The molecule has 0 aromatic heterocycles. The number of likely N-dealkylation sites (tertiary alicyclic amines) is 2. The van der Waals surface area contributed by atoms with Gasteiger partial charge in [0.25, 0.3) is 11.8 Å². The third kappa shape index (κ3) is 4.66. The predicted octanol–water partition coefficient (Wildman–Crippen LogP) is 2.52. The number of rotatable bonds is 6. The molecule has 0 spiro atoms. The van der Waals surface area contributed by atoms with E-state index in [2.05, 4.69) is 5.32 Å². The molecule has 3 rings (SSSR count). The number of hydrogen-bond donors (Lipinski definition) is 1. The van der Waals surface area contributed by atoms with Crippen molar-refractivity contribution in [1.29, 1.82) is 0 Å². The maximum Gasteiger partial charge on any atom is 0.260 e. The topological polar surface area (TPSA) is 61.9 Å². The van der Waals surface area contributed by atoms with Gasteiger partial charge in [0.1, 0.15) is 5.75 Å². The zero-order valence-electron chi connectivity index (χ0n) is 17.4. The summed E-state index contributed by atoms with van der Waals surface area (Å²) in [7, 11) is 1.92. The first-order chi connectivity index (χ1) is 13.5. The molecule has 2 aliphatic heterocycles. The standard InChI is InChI=1S/C22H33N3O3/c1-16-12-18(22(27)25-11-7-8-19(25)14-23-3)13-17(2)21(16)28-15-20(26)24-9-5-4-6-10-24/h12-13,19,23H,4-11,14-15H2,1-3H3. The lowest BCUT2D eigenvalue weighted by atomic mass is 10.0. The molecule has 0 aliphatic carbocycles. The van der Waals surface area contributed by atoms with Crippen LogP contribution in [0.3, 0.4) is 0 Å². The Morgan fingerprint density at radius 3 is 2.39 bits per heavy atom. The van der Waals surface area contributed by atoms with Crippen molar-refractivity contribution < 1.29 is 14.3 Å². The van der Waals surface area contributed by atoms with Gasteiger partial charge in [-0.15, -0.1) is 0 Å². The molecule has 28 heavy (non-hydrogen) atoms. The van der Waals surface area contributed by atoms with Crippen molar-refractivity contribution in [3.63, 3.8) is 0 Å². The Morgan fingerprint density at radius 2 is 1.75 bits per heavy atom. The second-order valence-electron chi connectivity index (χ2n) is 8.02. The SMILES string of the molecule is CNCC1CCCN1C(=O)c1cc(C)c(OCC(=O)N2CCCCC2)c(C)c1. The second kappa shape index (κ2) is 9.41. The van der Waals surface area contributed by atoms with E-state index in [9.17, 15) is 9.59 Å². The molecule has 1 aromatic rings. The Hall–Kier alpha value is -2.08. The average Bonchev–Trinajstić information content (AvgIpc) is 3.15. The van der Waals surface area contributed by atoms with Gasteiger partial charge in [-0.3, -0.25) is 9.59 Å². The van der Waals surface area contributed by atoms with Gasteiger partial charge in [0.2, 0.25) is 0 Å². The molecule has 1 aromatic carbocycles. The monoisotopic (exact) mass is 387 g/mol. The minimum absolute atomic E-state index is 0.0469. The summed E-state index contributed by atoms with van der Waals surface area (Å²) in [6.07, 6.45) is 5.45. The van der Waals surface area contributed by atoms with Crippen molar-refractivity contribution in [1.82, 2.24) is 15.1 Å². The number of nitrogens with zero attached hydrogens (tertiary/aromatic N) is 2. The fourth-order valence-corrected chi connectivity index (χ4v) is 4.39. The summed E-state index contributed by atoms with van der Waals surface area (Å²) in [4.78, 5) is 29.3. The number of benzene rings is 1. The Kier molecular flexibility index (Phi) is 6.94. The fourth-order valence-electron chi connectivity index (χ4n) is 4.39. The molecule has 2 saturated heterocycles. The highest BCUT2D eigenvalue weighted by molar-refractivity contribution is 5.95. The van der Waals surface area contributed by atoms with Crippen LogP contribution in [0.25, 0.3) is 0 Å². The molecule has 0 bridgehead atoms. The van der Waals surface area contributed by atoms with E-state index in [0.717, 1.165) is 68.7 Å². The van der Waals surface area contributed by atoms with Gasteiger partial charge < -0.3 is 19.9 Å². The van der Waals surface area contributed by atoms with Gasteiger partial charge in [0, 0.05) is 37.8 Å². The minimum atomic E-state index is 0.0469. The highest BCUT2D eigenvalue weighted by Gasteiger charge is 2.29. The van der Waals surface area contributed by atoms with Gasteiger partial charge in [0.05, 0.1) is 0 Å². The van der Waals surface area contributed by atoms with Crippen molar-refractivity contribution >= 4 is 11.8 Å². The maximum atomic E-state index is 13.0. The van der Waals surface area contributed by atoms with Crippen molar-refractivity contribution in [3.05, 3.63) is 28.8 Å². The number of carbonyl (C=O) groups excluding carboxylic acids is 2. The van der Waals surface area contributed by atoms with Crippen LogP contribution in [0.2, 0.25) is 0 Å². The average molecular weight is 388 g/mol. The molecule has 0 radical (unpaired) electrons.